The zero-order valence-electron chi connectivity index (χ0n) is 41.1. The Hall–Kier alpha value is -3.06. The number of hydrogen-bond donors (Lipinski definition) is 7. The fourth-order valence-corrected chi connectivity index (χ4v) is 7.47. The first-order chi connectivity index (χ1) is 33.0. The maximum absolute atomic E-state index is 13.0. The molecule has 0 aliphatic carbocycles. The van der Waals surface area contributed by atoms with E-state index < -0.39 is 99.3 Å². The molecule has 2 aliphatic rings. The van der Waals surface area contributed by atoms with Crippen LogP contribution in [0.15, 0.2) is 72.9 Å². The van der Waals surface area contributed by atoms with E-state index in [1.807, 2.05) is 0 Å². The molecule has 15 nitrogen and oxygen atoms in total. The molecular formula is C53H88O15. The first-order valence-corrected chi connectivity index (χ1v) is 25.5. The molecule has 0 saturated carbocycles. The van der Waals surface area contributed by atoms with E-state index in [0.717, 1.165) is 96.3 Å². The summed E-state index contributed by atoms with van der Waals surface area (Å²) in [7, 11) is 0. The van der Waals surface area contributed by atoms with Crippen LogP contribution in [0.3, 0.4) is 0 Å². The molecule has 11 atom stereocenters. The van der Waals surface area contributed by atoms with Crippen molar-refractivity contribution in [2.75, 3.05) is 26.4 Å². The molecule has 2 fully saturated rings. The zero-order valence-corrected chi connectivity index (χ0v) is 41.1. The van der Waals surface area contributed by atoms with Gasteiger partial charge in [-0.3, -0.25) is 9.59 Å². The van der Waals surface area contributed by atoms with Crippen LogP contribution in [0, 0.1) is 0 Å². The number of unbranched alkanes of at least 4 members (excludes halogenated alkanes) is 12. The van der Waals surface area contributed by atoms with Crippen LogP contribution < -0.4 is 0 Å². The van der Waals surface area contributed by atoms with Gasteiger partial charge in [-0.25, -0.2) is 0 Å². The molecular weight excluding hydrogens is 877 g/mol. The van der Waals surface area contributed by atoms with E-state index in [1.54, 1.807) is 0 Å². The second kappa shape index (κ2) is 39.6. The summed E-state index contributed by atoms with van der Waals surface area (Å²) in [6, 6.07) is 0. The third kappa shape index (κ3) is 27.4. The Labute approximate surface area is 406 Å². The molecule has 0 amide bonds. The molecule has 0 bridgehead atoms. The summed E-state index contributed by atoms with van der Waals surface area (Å²) in [5.74, 6) is -0.975. The second-order valence-corrected chi connectivity index (χ2v) is 17.6. The van der Waals surface area contributed by atoms with Gasteiger partial charge < -0.3 is 64.2 Å². The highest BCUT2D eigenvalue weighted by molar-refractivity contribution is 5.70. The summed E-state index contributed by atoms with van der Waals surface area (Å²) < 4.78 is 33.5. The Balaban J connectivity index is 1.84. The van der Waals surface area contributed by atoms with Crippen molar-refractivity contribution in [3.05, 3.63) is 72.9 Å². The summed E-state index contributed by atoms with van der Waals surface area (Å²) in [6.07, 6.45) is 29.2. The molecule has 0 spiro atoms. The standard InChI is InChI=1S/C53H88O15/c1-3-5-7-9-11-13-15-17-19-20-22-24-26-28-30-32-34-36-45(56)66-41(38-63-44(55)35-33-31-29-27-25-23-21-18-16-14-12-10-8-6-4-2)39-64-52-51(62)49(60)47(58)43(68-52)40-65-53-50(61)48(59)46(57)42(37-54)67-53/h5,7,11-14,17-19,21-22,24,41-43,46-54,57-62H,3-4,6,8-10,15-16,20,23,25-40H2,1-2H3/b7-5-,13-11-,14-12-,19-17-,21-18-,24-22-. The van der Waals surface area contributed by atoms with Crippen molar-refractivity contribution in [1.29, 1.82) is 0 Å². The maximum atomic E-state index is 13.0. The van der Waals surface area contributed by atoms with Gasteiger partial charge >= 0.3 is 11.9 Å². The number of carbonyl (C=O) groups is 2. The summed E-state index contributed by atoms with van der Waals surface area (Å²) in [5.41, 5.74) is 0. The highest BCUT2D eigenvalue weighted by Crippen LogP contribution is 2.26. The lowest BCUT2D eigenvalue weighted by Gasteiger charge is -2.42. The van der Waals surface area contributed by atoms with Gasteiger partial charge in [0.25, 0.3) is 0 Å². The molecule has 2 saturated heterocycles. The minimum atomic E-state index is -1.78. The lowest BCUT2D eigenvalue weighted by atomic mass is 9.98. The van der Waals surface area contributed by atoms with E-state index in [-0.39, 0.29) is 19.4 Å². The van der Waals surface area contributed by atoms with Crippen molar-refractivity contribution in [3.63, 3.8) is 0 Å². The SMILES string of the molecule is CC/C=C\C/C=C\C/C=C\C/C=C\CCCCCCC(=O)OC(COC(=O)CCCCCCC/C=C\C/C=C\CCCCC)COC1OC(COC2OC(CO)C(O)C(O)C2O)C(O)C(O)C1O. The van der Waals surface area contributed by atoms with Gasteiger partial charge in [-0.1, -0.05) is 132 Å². The fourth-order valence-electron chi connectivity index (χ4n) is 7.47. The topological polar surface area (TPSA) is 231 Å². The maximum Gasteiger partial charge on any atom is 0.306 e. The van der Waals surface area contributed by atoms with E-state index in [0.29, 0.717) is 12.8 Å². The predicted molar refractivity (Wildman–Crippen MR) is 261 cm³/mol. The lowest BCUT2D eigenvalue weighted by molar-refractivity contribution is -0.332. The Morgan fingerprint density at radius 3 is 1.46 bits per heavy atom. The van der Waals surface area contributed by atoms with Crippen LogP contribution in [0.25, 0.3) is 0 Å². The van der Waals surface area contributed by atoms with Crippen molar-refractivity contribution in [3.8, 4) is 0 Å². The number of aliphatic hydroxyl groups excluding tert-OH is 7. The molecule has 0 aromatic rings. The van der Waals surface area contributed by atoms with Crippen molar-refractivity contribution in [2.45, 2.75) is 223 Å². The third-order valence-corrected chi connectivity index (χ3v) is 11.7. The number of carbonyl (C=O) groups excluding carboxylic acids is 2. The number of rotatable bonds is 38. The molecule has 15 heteroatoms. The van der Waals surface area contributed by atoms with Crippen LogP contribution in [0.5, 0.6) is 0 Å². The molecule has 11 unspecified atom stereocenters. The molecule has 390 valence electrons. The minimum absolute atomic E-state index is 0.130. The monoisotopic (exact) mass is 965 g/mol. The van der Waals surface area contributed by atoms with E-state index in [9.17, 15) is 45.3 Å². The van der Waals surface area contributed by atoms with Crippen LogP contribution in [0.4, 0.5) is 0 Å². The number of aliphatic hydroxyl groups is 7. The van der Waals surface area contributed by atoms with Gasteiger partial charge in [0.2, 0.25) is 0 Å². The van der Waals surface area contributed by atoms with Crippen molar-refractivity contribution < 1.29 is 73.8 Å². The predicted octanol–water partition coefficient (Wildman–Crippen LogP) is 7.04. The van der Waals surface area contributed by atoms with Gasteiger partial charge in [-0.05, 0) is 83.5 Å². The molecule has 2 aliphatic heterocycles. The van der Waals surface area contributed by atoms with Gasteiger partial charge in [0.1, 0.15) is 55.4 Å². The molecule has 2 heterocycles. The Bertz CT molecular complexity index is 1460. The Morgan fingerprint density at radius 2 is 0.926 bits per heavy atom. The summed E-state index contributed by atoms with van der Waals surface area (Å²) in [5, 5.41) is 72.1. The third-order valence-electron chi connectivity index (χ3n) is 11.7. The summed E-state index contributed by atoms with van der Waals surface area (Å²) in [6.45, 7) is 2.39. The van der Waals surface area contributed by atoms with E-state index >= 15 is 0 Å². The van der Waals surface area contributed by atoms with Crippen molar-refractivity contribution in [2.24, 2.45) is 0 Å². The molecule has 0 aromatic carbocycles. The van der Waals surface area contributed by atoms with Gasteiger partial charge in [-0.2, -0.15) is 0 Å². The molecule has 2 rings (SSSR count). The quantitative estimate of drug-likeness (QED) is 0.0187. The Morgan fingerprint density at radius 1 is 0.485 bits per heavy atom. The number of allylic oxidation sites excluding steroid dienone is 12. The van der Waals surface area contributed by atoms with Crippen LogP contribution >= 0.6 is 0 Å². The number of ether oxygens (including phenoxy) is 6. The summed E-state index contributed by atoms with van der Waals surface area (Å²) in [4.78, 5) is 25.8. The smallest absolute Gasteiger partial charge is 0.306 e. The average Bonchev–Trinajstić information content (AvgIpc) is 3.33. The van der Waals surface area contributed by atoms with Gasteiger partial charge in [0.05, 0.1) is 19.8 Å². The molecule has 0 radical (unpaired) electrons. The van der Waals surface area contributed by atoms with Crippen molar-refractivity contribution >= 4 is 11.9 Å². The Kier molecular flexibility index (Phi) is 35.6. The molecule has 68 heavy (non-hydrogen) atoms. The first kappa shape index (κ1) is 61.1. The highest BCUT2D eigenvalue weighted by atomic mass is 16.7. The van der Waals surface area contributed by atoms with Crippen LogP contribution in [0.2, 0.25) is 0 Å². The normalized spacial score (nSPS) is 26.4. The number of hydrogen-bond acceptors (Lipinski definition) is 15. The van der Waals surface area contributed by atoms with Crippen molar-refractivity contribution in [1.82, 2.24) is 0 Å². The first-order valence-electron chi connectivity index (χ1n) is 25.5. The van der Waals surface area contributed by atoms with Gasteiger partial charge in [0.15, 0.2) is 18.7 Å². The van der Waals surface area contributed by atoms with Gasteiger partial charge in [-0.15, -0.1) is 0 Å². The number of esters is 2. The second-order valence-electron chi connectivity index (χ2n) is 17.6. The van der Waals surface area contributed by atoms with Gasteiger partial charge in [0, 0.05) is 12.8 Å². The van der Waals surface area contributed by atoms with Crippen LogP contribution in [-0.2, 0) is 38.0 Å². The van der Waals surface area contributed by atoms with E-state index in [2.05, 4.69) is 86.8 Å². The fraction of sp³-hybridized carbons (Fsp3) is 0.736. The molecule has 7 N–H and O–H groups in total. The van der Waals surface area contributed by atoms with Crippen LogP contribution in [-0.4, -0.2) is 142 Å². The largest absolute Gasteiger partial charge is 0.462 e. The minimum Gasteiger partial charge on any atom is -0.462 e. The molecule has 0 aromatic heterocycles. The summed E-state index contributed by atoms with van der Waals surface area (Å²) >= 11 is 0. The highest BCUT2D eigenvalue weighted by Gasteiger charge is 2.47. The lowest BCUT2D eigenvalue weighted by Crippen LogP contribution is -2.61. The average molecular weight is 965 g/mol. The van der Waals surface area contributed by atoms with Crippen LogP contribution in [0.1, 0.15) is 155 Å². The zero-order chi connectivity index (χ0) is 49.6. The van der Waals surface area contributed by atoms with E-state index in [4.69, 9.17) is 28.4 Å². The van der Waals surface area contributed by atoms with E-state index in [1.165, 1.54) is 19.3 Å².